The fraction of sp³-hybridized carbons (Fsp3) is 0.333. The number of hydrogen-bond acceptors (Lipinski definition) is 2. The van der Waals surface area contributed by atoms with Crippen LogP contribution < -0.4 is 5.32 Å². The lowest BCUT2D eigenvalue weighted by Gasteiger charge is -2.32. The van der Waals surface area contributed by atoms with Crippen molar-refractivity contribution in [2.24, 2.45) is 0 Å². The van der Waals surface area contributed by atoms with Crippen molar-refractivity contribution in [1.82, 2.24) is 10.2 Å². The van der Waals surface area contributed by atoms with Crippen LogP contribution in [0.25, 0.3) is 0 Å². The maximum Gasteiger partial charge on any atom is 0.243 e. The summed E-state index contributed by atoms with van der Waals surface area (Å²) in [6, 6.07) is 25.5. The summed E-state index contributed by atoms with van der Waals surface area (Å²) in [6.45, 7) is 7.18. The number of benzene rings is 3. The summed E-state index contributed by atoms with van der Waals surface area (Å²) < 4.78 is 0. The molecule has 0 saturated heterocycles. The lowest BCUT2D eigenvalue weighted by Crippen LogP contribution is -2.51. The molecule has 0 aliphatic heterocycles. The summed E-state index contributed by atoms with van der Waals surface area (Å²) in [6.07, 6.45) is 2.66. The van der Waals surface area contributed by atoms with Gasteiger partial charge in [-0.25, -0.2) is 0 Å². The van der Waals surface area contributed by atoms with Gasteiger partial charge in [0.15, 0.2) is 0 Å². The van der Waals surface area contributed by atoms with E-state index in [1.54, 1.807) is 4.90 Å². The first-order valence-corrected chi connectivity index (χ1v) is 12.2. The summed E-state index contributed by atoms with van der Waals surface area (Å²) in [5, 5.41) is 3.08. The van der Waals surface area contributed by atoms with Crippen molar-refractivity contribution in [1.29, 1.82) is 0 Å². The Kier molecular flexibility index (Phi) is 9.45. The van der Waals surface area contributed by atoms with E-state index in [0.717, 1.165) is 40.7 Å². The minimum Gasteiger partial charge on any atom is -0.354 e. The minimum absolute atomic E-state index is 0.0429. The molecule has 3 aromatic rings. The van der Waals surface area contributed by atoms with Crippen LogP contribution in [0.2, 0.25) is 0 Å². The van der Waals surface area contributed by atoms with Crippen molar-refractivity contribution in [2.45, 2.75) is 59.0 Å². The third kappa shape index (κ3) is 7.58. The zero-order valence-corrected chi connectivity index (χ0v) is 20.6. The van der Waals surface area contributed by atoms with Crippen LogP contribution in [0.15, 0.2) is 78.9 Å². The van der Waals surface area contributed by atoms with Gasteiger partial charge in [0.25, 0.3) is 0 Å². The Morgan fingerprint density at radius 3 is 2.09 bits per heavy atom. The quantitative estimate of drug-likeness (QED) is 0.393. The number of amides is 2. The lowest BCUT2D eigenvalue weighted by atomic mass is 10.0. The first-order valence-electron chi connectivity index (χ1n) is 12.2. The fourth-order valence-electron chi connectivity index (χ4n) is 4.17. The summed E-state index contributed by atoms with van der Waals surface area (Å²) >= 11 is 0. The monoisotopic (exact) mass is 456 g/mol. The molecule has 1 atom stereocenters. The van der Waals surface area contributed by atoms with Crippen LogP contribution in [0.3, 0.4) is 0 Å². The van der Waals surface area contributed by atoms with Crippen LogP contribution in [-0.4, -0.2) is 29.3 Å². The SMILES string of the molecule is CCCCNC(=O)[C@H](Cc1ccccc1)N(Cc1cccc(C)c1)C(=O)Cc1cccc(C)c1. The van der Waals surface area contributed by atoms with Gasteiger partial charge in [-0.2, -0.15) is 0 Å². The van der Waals surface area contributed by atoms with Gasteiger partial charge in [-0.05, 0) is 37.0 Å². The van der Waals surface area contributed by atoms with E-state index in [4.69, 9.17) is 0 Å². The molecule has 0 bridgehead atoms. The van der Waals surface area contributed by atoms with Gasteiger partial charge < -0.3 is 10.2 Å². The molecule has 0 aromatic heterocycles. The summed E-state index contributed by atoms with van der Waals surface area (Å²) in [4.78, 5) is 28.9. The van der Waals surface area contributed by atoms with Crippen molar-refractivity contribution < 1.29 is 9.59 Å². The first-order chi connectivity index (χ1) is 16.5. The Morgan fingerprint density at radius 2 is 1.44 bits per heavy atom. The standard InChI is InChI=1S/C30H36N2O2/c1-4-5-17-31-30(34)28(20-25-13-7-6-8-14-25)32(22-27-16-10-12-24(3)19-27)29(33)21-26-15-9-11-23(2)18-26/h6-16,18-19,28H,4-5,17,20-22H2,1-3H3,(H,31,34)/t28-/m0/s1. The Bertz CT molecular complexity index is 1080. The third-order valence-electron chi connectivity index (χ3n) is 5.97. The van der Waals surface area contributed by atoms with Crippen LogP contribution in [-0.2, 0) is 29.0 Å². The number of nitrogens with one attached hydrogen (secondary N) is 1. The van der Waals surface area contributed by atoms with Crippen LogP contribution in [0.5, 0.6) is 0 Å². The lowest BCUT2D eigenvalue weighted by molar-refractivity contribution is -0.140. The maximum absolute atomic E-state index is 13.7. The summed E-state index contributed by atoms with van der Waals surface area (Å²) in [5.41, 5.74) is 5.28. The Morgan fingerprint density at radius 1 is 0.824 bits per heavy atom. The summed E-state index contributed by atoms with van der Waals surface area (Å²) in [5.74, 6) is -0.138. The van der Waals surface area contributed by atoms with Gasteiger partial charge >= 0.3 is 0 Å². The molecule has 0 heterocycles. The van der Waals surface area contributed by atoms with Gasteiger partial charge in [0.2, 0.25) is 11.8 Å². The van der Waals surface area contributed by atoms with Gasteiger partial charge in [-0.3, -0.25) is 9.59 Å². The van der Waals surface area contributed by atoms with Gasteiger partial charge in [0, 0.05) is 19.5 Å². The number of unbranched alkanes of at least 4 members (excludes halogenated alkanes) is 1. The first kappa shape index (κ1) is 25.2. The molecule has 0 spiro atoms. The minimum atomic E-state index is -0.586. The predicted molar refractivity (Wildman–Crippen MR) is 138 cm³/mol. The smallest absolute Gasteiger partial charge is 0.243 e. The van der Waals surface area contributed by atoms with E-state index in [2.05, 4.69) is 18.3 Å². The highest BCUT2D eigenvalue weighted by Gasteiger charge is 2.30. The molecule has 4 heteroatoms. The molecule has 4 nitrogen and oxygen atoms in total. The molecular weight excluding hydrogens is 420 g/mol. The van der Waals surface area contributed by atoms with E-state index in [0.29, 0.717) is 19.5 Å². The molecular formula is C30H36N2O2. The van der Waals surface area contributed by atoms with Crippen molar-refractivity contribution >= 4 is 11.8 Å². The Hall–Kier alpha value is -3.40. The van der Waals surface area contributed by atoms with E-state index >= 15 is 0 Å². The highest BCUT2D eigenvalue weighted by molar-refractivity contribution is 5.88. The normalized spacial score (nSPS) is 11.6. The predicted octanol–water partition coefficient (Wildman–Crippen LogP) is 5.40. The van der Waals surface area contributed by atoms with Crippen LogP contribution in [0.4, 0.5) is 0 Å². The highest BCUT2D eigenvalue weighted by atomic mass is 16.2. The number of carbonyl (C=O) groups is 2. The second kappa shape index (κ2) is 12.7. The highest BCUT2D eigenvalue weighted by Crippen LogP contribution is 2.18. The van der Waals surface area contributed by atoms with E-state index < -0.39 is 6.04 Å². The molecule has 34 heavy (non-hydrogen) atoms. The van der Waals surface area contributed by atoms with Crippen molar-refractivity contribution in [2.75, 3.05) is 6.54 Å². The second-order valence-corrected chi connectivity index (χ2v) is 9.03. The van der Waals surface area contributed by atoms with Crippen molar-refractivity contribution in [3.05, 3.63) is 107 Å². The number of aryl methyl sites for hydroxylation is 2. The van der Waals surface area contributed by atoms with Crippen LogP contribution >= 0.6 is 0 Å². The average molecular weight is 457 g/mol. The largest absolute Gasteiger partial charge is 0.354 e. The molecule has 0 fully saturated rings. The van der Waals surface area contributed by atoms with E-state index in [9.17, 15) is 9.59 Å². The fourth-order valence-corrected chi connectivity index (χ4v) is 4.17. The number of nitrogens with zero attached hydrogens (tertiary/aromatic N) is 1. The Balaban J connectivity index is 1.94. The van der Waals surface area contributed by atoms with Gasteiger partial charge in [-0.15, -0.1) is 0 Å². The molecule has 0 radical (unpaired) electrons. The van der Waals surface area contributed by atoms with Crippen molar-refractivity contribution in [3.63, 3.8) is 0 Å². The second-order valence-electron chi connectivity index (χ2n) is 9.03. The van der Waals surface area contributed by atoms with Crippen LogP contribution in [0.1, 0.15) is 47.6 Å². The topological polar surface area (TPSA) is 49.4 Å². The maximum atomic E-state index is 13.7. The Labute approximate surface area is 204 Å². The molecule has 0 unspecified atom stereocenters. The van der Waals surface area contributed by atoms with E-state index in [1.165, 1.54) is 0 Å². The van der Waals surface area contributed by atoms with Crippen LogP contribution in [0, 0.1) is 13.8 Å². The molecule has 0 aliphatic carbocycles. The van der Waals surface area contributed by atoms with Crippen molar-refractivity contribution in [3.8, 4) is 0 Å². The van der Waals surface area contributed by atoms with E-state index in [-0.39, 0.29) is 18.2 Å². The number of rotatable bonds is 11. The molecule has 3 rings (SSSR count). The molecule has 0 aliphatic rings. The van der Waals surface area contributed by atoms with Gasteiger partial charge in [0.05, 0.1) is 6.42 Å². The molecule has 1 N–H and O–H groups in total. The number of carbonyl (C=O) groups excluding carboxylic acids is 2. The number of hydrogen-bond donors (Lipinski definition) is 1. The van der Waals surface area contributed by atoms with Gasteiger partial charge in [0.1, 0.15) is 6.04 Å². The summed E-state index contributed by atoms with van der Waals surface area (Å²) in [7, 11) is 0. The molecule has 2 amide bonds. The molecule has 0 saturated carbocycles. The van der Waals surface area contributed by atoms with Gasteiger partial charge in [-0.1, -0.05) is 103 Å². The van der Waals surface area contributed by atoms with E-state index in [1.807, 2.05) is 86.6 Å². The third-order valence-corrected chi connectivity index (χ3v) is 5.97. The molecule has 3 aromatic carbocycles. The molecule has 178 valence electrons. The zero-order valence-electron chi connectivity index (χ0n) is 20.6. The average Bonchev–Trinajstić information content (AvgIpc) is 2.82. The zero-order chi connectivity index (χ0) is 24.3.